The normalized spacial score (nSPS) is 14.6. The lowest BCUT2D eigenvalue weighted by Gasteiger charge is -2.31. The molecule has 1 aliphatic rings. The summed E-state index contributed by atoms with van der Waals surface area (Å²) >= 11 is 0. The van der Waals surface area contributed by atoms with Gasteiger partial charge in [-0.25, -0.2) is 0 Å². The largest absolute Gasteiger partial charge is 0.484 e. The highest BCUT2D eigenvalue weighted by Crippen LogP contribution is 2.22. The van der Waals surface area contributed by atoms with Crippen LogP contribution in [0.5, 0.6) is 5.75 Å². The lowest BCUT2D eigenvalue weighted by Crippen LogP contribution is -2.43. The fourth-order valence-electron chi connectivity index (χ4n) is 3.33. The highest BCUT2D eigenvalue weighted by Gasteiger charge is 2.27. The Labute approximate surface area is 160 Å². The van der Waals surface area contributed by atoms with Crippen molar-refractivity contribution >= 4 is 17.5 Å². The fraction of sp³-hybridized carbons (Fsp3) is 0.364. The number of nitrogens with one attached hydrogen (secondary N) is 1. The Morgan fingerprint density at radius 1 is 1.04 bits per heavy atom. The molecule has 1 fully saturated rings. The average Bonchev–Trinajstić information content (AvgIpc) is 2.73. The van der Waals surface area contributed by atoms with Crippen LogP contribution in [0.25, 0.3) is 0 Å². The lowest BCUT2D eigenvalue weighted by atomic mass is 9.95. The minimum absolute atomic E-state index is 0.0325. The third kappa shape index (κ3) is 5.09. The van der Waals surface area contributed by atoms with Crippen molar-refractivity contribution in [2.24, 2.45) is 5.92 Å². The van der Waals surface area contributed by atoms with Crippen LogP contribution in [0.1, 0.15) is 25.3 Å². The second kappa shape index (κ2) is 9.21. The van der Waals surface area contributed by atoms with Gasteiger partial charge in [0.25, 0.3) is 5.91 Å². The van der Waals surface area contributed by atoms with Crippen LogP contribution >= 0.6 is 0 Å². The van der Waals surface area contributed by atoms with Crippen LogP contribution in [0, 0.1) is 5.92 Å². The van der Waals surface area contributed by atoms with E-state index in [-0.39, 0.29) is 24.3 Å². The lowest BCUT2D eigenvalue weighted by molar-refractivity contribution is -0.136. The molecule has 0 unspecified atom stereocenters. The molecule has 1 saturated heterocycles. The number of nitrogens with zero attached hydrogens (tertiary/aromatic N) is 1. The minimum atomic E-state index is -0.0611. The number of rotatable bonds is 6. The van der Waals surface area contributed by atoms with E-state index < -0.39 is 0 Å². The predicted molar refractivity (Wildman–Crippen MR) is 106 cm³/mol. The van der Waals surface area contributed by atoms with Gasteiger partial charge in [-0.05, 0) is 43.0 Å². The first kappa shape index (κ1) is 19.0. The first-order valence-electron chi connectivity index (χ1n) is 9.51. The molecule has 1 heterocycles. The molecule has 5 nitrogen and oxygen atoms in total. The van der Waals surface area contributed by atoms with E-state index in [1.807, 2.05) is 54.6 Å². The monoisotopic (exact) mass is 366 g/mol. The summed E-state index contributed by atoms with van der Waals surface area (Å²) in [5.74, 6) is 0.640. The number of likely N-dealkylation sites (tertiary alicyclic amines) is 1. The van der Waals surface area contributed by atoms with Crippen molar-refractivity contribution in [2.75, 3.05) is 25.0 Å². The number of aryl methyl sites for hydroxylation is 1. The van der Waals surface area contributed by atoms with Crippen LogP contribution in [-0.4, -0.2) is 36.4 Å². The summed E-state index contributed by atoms with van der Waals surface area (Å²) < 4.78 is 5.53. The topological polar surface area (TPSA) is 58.6 Å². The highest BCUT2D eigenvalue weighted by atomic mass is 16.5. The first-order chi connectivity index (χ1) is 13.2. The third-order valence-electron chi connectivity index (χ3n) is 4.98. The maximum Gasteiger partial charge on any atom is 0.260 e. The molecule has 0 aromatic heterocycles. The van der Waals surface area contributed by atoms with E-state index in [0.717, 1.165) is 17.7 Å². The molecule has 0 bridgehead atoms. The number of amides is 2. The quantitative estimate of drug-likeness (QED) is 0.851. The molecule has 0 radical (unpaired) electrons. The smallest absolute Gasteiger partial charge is 0.260 e. The van der Waals surface area contributed by atoms with Gasteiger partial charge in [-0.3, -0.25) is 9.59 Å². The van der Waals surface area contributed by atoms with Crippen LogP contribution in [0.15, 0.2) is 54.6 Å². The Kier molecular flexibility index (Phi) is 6.47. The van der Waals surface area contributed by atoms with Crippen molar-refractivity contribution in [1.29, 1.82) is 0 Å². The number of piperidine rings is 1. The zero-order valence-electron chi connectivity index (χ0n) is 15.7. The van der Waals surface area contributed by atoms with E-state index in [0.29, 0.717) is 31.7 Å². The van der Waals surface area contributed by atoms with Crippen LogP contribution in [0.4, 0.5) is 5.69 Å². The molecule has 27 heavy (non-hydrogen) atoms. The number of para-hydroxylation sites is 2. The molecule has 2 aromatic carbocycles. The van der Waals surface area contributed by atoms with Gasteiger partial charge >= 0.3 is 0 Å². The van der Waals surface area contributed by atoms with E-state index in [1.54, 1.807) is 4.90 Å². The van der Waals surface area contributed by atoms with Gasteiger partial charge in [0.05, 0.1) is 0 Å². The first-order valence-corrected chi connectivity index (χ1v) is 9.51. The molecule has 1 aliphatic heterocycles. The Hall–Kier alpha value is -2.82. The molecule has 0 saturated carbocycles. The molecule has 0 aliphatic carbocycles. The van der Waals surface area contributed by atoms with Crippen molar-refractivity contribution in [1.82, 2.24) is 4.90 Å². The number of benzene rings is 2. The van der Waals surface area contributed by atoms with Gasteiger partial charge in [0, 0.05) is 24.7 Å². The second-order valence-corrected chi connectivity index (χ2v) is 6.76. The van der Waals surface area contributed by atoms with Crippen molar-refractivity contribution in [3.05, 3.63) is 60.2 Å². The van der Waals surface area contributed by atoms with Crippen LogP contribution in [-0.2, 0) is 16.0 Å². The summed E-state index contributed by atoms with van der Waals surface area (Å²) in [5.41, 5.74) is 2.02. The van der Waals surface area contributed by atoms with Crippen molar-refractivity contribution < 1.29 is 14.3 Å². The predicted octanol–water partition coefficient (Wildman–Crippen LogP) is 3.51. The SMILES string of the molecule is CCc1ccccc1NC(=O)C1CCN(C(=O)COc2ccccc2)CC1. The molecule has 5 heteroatoms. The second-order valence-electron chi connectivity index (χ2n) is 6.76. The minimum Gasteiger partial charge on any atom is -0.484 e. The molecular weight excluding hydrogens is 340 g/mol. The number of hydrogen-bond acceptors (Lipinski definition) is 3. The summed E-state index contributed by atoms with van der Waals surface area (Å²) in [7, 11) is 0. The van der Waals surface area contributed by atoms with Crippen molar-refractivity contribution in [3.63, 3.8) is 0 Å². The van der Waals surface area contributed by atoms with E-state index >= 15 is 0 Å². The Morgan fingerprint density at radius 2 is 1.70 bits per heavy atom. The number of carbonyl (C=O) groups excluding carboxylic acids is 2. The van der Waals surface area contributed by atoms with Crippen molar-refractivity contribution in [2.45, 2.75) is 26.2 Å². The van der Waals surface area contributed by atoms with Gasteiger partial charge in [0.15, 0.2) is 6.61 Å². The highest BCUT2D eigenvalue weighted by molar-refractivity contribution is 5.93. The summed E-state index contributed by atoms with van der Waals surface area (Å²) in [6.45, 7) is 3.28. The summed E-state index contributed by atoms with van der Waals surface area (Å²) in [6.07, 6.45) is 2.24. The van der Waals surface area contributed by atoms with Crippen LogP contribution in [0.3, 0.4) is 0 Å². The van der Waals surface area contributed by atoms with E-state index in [2.05, 4.69) is 12.2 Å². The number of hydrogen-bond donors (Lipinski definition) is 1. The average molecular weight is 366 g/mol. The van der Waals surface area contributed by atoms with Gasteiger partial charge in [-0.1, -0.05) is 43.3 Å². The van der Waals surface area contributed by atoms with Crippen LogP contribution < -0.4 is 10.1 Å². The zero-order valence-corrected chi connectivity index (χ0v) is 15.7. The zero-order chi connectivity index (χ0) is 19.1. The standard InChI is InChI=1S/C22H26N2O3/c1-2-17-8-6-7-11-20(17)23-22(26)18-12-14-24(15-13-18)21(25)16-27-19-9-4-3-5-10-19/h3-11,18H,2,12-16H2,1H3,(H,23,26). The van der Waals surface area contributed by atoms with Gasteiger partial charge in [0.1, 0.15) is 5.75 Å². The number of carbonyl (C=O) groups is 2. The Balaban J connectivity index is 1.46. The molecule has 0 atom stereocenters. The number of anilines is 1. The summed E-state index contributed by atoms with van der Waals surface area (Å²) in [6, 6.07) is 17.2. The third-order valence-corrected chi connectivity index (χ3v) is 4.98. The van der Waals surface area contributed by atoms with Gasteiger partial charge in [-0.15, -0.1) is 0 Å². The van der Waals surface area contributed by atoms with Gasteiger partial charge in [-0.2, -0.15) is 0 Å². The van der Waals surface area contributed by atoms with Crippen LogP contribution in [0.2, 0.25) is 0 Å². The van der Waals surface area contributed by atoms with E-state index in [4.69, 9.17) is 4.74 Å². The Bertz CT molecular complexity index is 768. The van der Waals surface area contributed by atoms with E-state index in [9.17, 15) is 9.59 Å². The molecule has 0 spiro atoms. The maximum atomic E-state index is 12.6. The van der Waals surface area contributed by atoms with Gasteiger partial charge < -0.3 is 15.0 Å². The molecule has 3 rings (SSSR count). The van der Waals surface area contributed by atoms with Gasteiger partial charge in [0.2, 0.25) is 5.91 Å². The molecule has 2 aromatic rings. The molecule has 1 N–H and O–H groups in total. The summed E-state index contributed by atoms with van der Waals surface area (Å²) in [4.78, 5) is 26.7. The molecule has 142 valence electrons. The summed E-state index contributed by atoms with van der Waals surface area (Å²) in [5, 5.41) is 3.05. The van der Waals surface area contributed by atoms with E-state index in [1.165, 1.54) is 0 Å². The fourth-order valence-corrected chi connectivity index (χ4v) is 3.33. The van der Waals surface area contributed by atoms with Crippen molar-refractivity contribution in [3.8, 4) is 5.75 Å². The molecule has 2 amide bonds. The maximum absolute atomic E-state index is 12.6. The molecular formula is C22H26N2O3. The number of ether oxygens (including phenoxy) is 1. The Morgan fingerprint density at radius 3 is 2.41 bits per heavy atom.